The number of amides is 2. The van der Waals surface area contributed by atoms with E-state index in [4.69, 9.17) is 5.73 Å². The molecule has 2 N–H and O–H groups in total. The van der Waals surface area contributed by atoms with E-state index in [1.807, 2.05) is 11.8 Å². The third kappa shape index (κ3) is 4.20. The number of likely N-dealkylation sites (tertiary alicyclic amines) is 1. The number of piperidine rings is 1. The van der Waals surface area contributed by atoms with Crippen LogP contribution in [-0.2, 0) is 9.59 Å². The molecule has 0 bridgehead atoms. The van der Waals surface area contributed by atoms with Gasteiger partial charge < -0.3 is 10.6 Å². The maximum atomic E-state index is 12.5. The Morgan fingerprint density at radius 2 is 1.82 bits per heavy atom. The van der Waals surface area contributed by atoms with Gasteiger partial charge in [0.25, 0.3) is 0 Å². The van der Waals surface area contributed by atoms with Crippen molar-refractivity contribution in [3.8, 4) is 0 Å². The summed E-state index contributed by atoms with van der Waals surface area (Å²) in [4.78, 5) is 30.3. The summed E-state index contributed by atoms with van der Waals surface area (Å²) in [5.41, 5.74) is 5.45. The van der Waals surface area contributed by atoms with Gasteiger partial charge in [0.2, 0.25) is 11.8 Å². The van der Waals surface area contributed by atoms with Gasteiger partial charge in [0.1, 0.15) is 0 Å². The van der Waals surface area contributed by atoms with Crippen LogP contribution in [0.25, 0.3) is 0 Å². The fourth-order valence-electron chi connectivity index (χ4n) is 3.62. The smallest absolute Gasteiger partial charge is 0.236 e. The second kappa shape index (κ2) is 7.92. The predicted molar refractivity (Wildman–Crippen MR) is 86.3 cm³/mol. The summed E-state index contributed by atoms with van der Waals surface area (Å²) < 4.78 is 0. The van der Waals surface area contributed by atoms with Crippen LogP contribution in [0.15, 0.2) is 0 Å². The number of carbonyl (C=O) groups is 2. The van der Waals surface area contributed by atoms with Crippen molar-refractivity contribution in [3.05, 3.63) is 0 Å². The van der Waals surface area contributed by atoms with Crippen molar-refractivity contribution in [2.75, 3.05) is 39.3 Å². The highest BCUT2D eigenvalue weighted by Gasteiger charge is 2.29. The molecule has 0 radical (unpaired) electrons. The molecule has 0 aliphatic carbocycles. The van der Waals surface area contributed by atoms with Crippen molar-refractivity contribution in [2.24, 2.45) is 5.73 Å². The summed E-state index contributed by atoms with van der Waals surface area (Å²) in [5.74, 6) is 0.0109. The molecule has 2 amide bonds. The average molecular weight is 310 g/mol. The van der Waals surface area contributed by atoms with Crippen LogP contribution in [0.3, 0.4) is 0 Å². The maximum Gasteiger partial charge on any atom is 0.236 e. The van der Waals surface area contributed by atoms with Gasteiger partial charge in [-0.1, -0.05) is 6.92 Å². The molecule has 0 spiro atoms. The van der Waals surface area contributed by atoms with Gasteiger partial charge in [0, 0.05) is 38.8 Å². The molecule has 2 heterocycles. The Kier molecular flexibility index (Phi) is 6.20. The standard InChI is InChI=1S/C16H30N4O2/c1-3-14(16(17)22)19-10-8-18(9-11-19)12-15(21)20-7-5-4-6-13(20)2/h13-14H,3-12H2,1-2H3,(H2,17,22)/t13-,14-/m1/s1. The van der Waals surface area contributed by atoms with Crippen LogP contribution < -0.4 is 5.73 Å². The van der Waals surface area contributed by atoms with Crippen LogP contribution in [-0.4, -0.2) is 77.9 Å². The first-order valence-corrected chi connectivity index (χ1v) is 8.58. The summed E-state index contributed by atoms with van der Waals surface area (Å²) >= 11 is 0. The predicted octanol–water partition coefficient (Wildman–Crippen LogP) is 0.269. The Balaban J connectivity index is 1.79. The van der Waals surface area contributed by atoms with Crippen LogP contribution in [0.5, 0.6) is 0 Å². The lowest BCUT2D eigenvalue weighted by Crippen LogP contribution is -2.56. The van der Waals surface area contributed by atoms with E-state index in [1.54, 1.807) is 0 Å². The first-order chi connectivity index (χ1) is 10.5. The van der Waals surface area contributed by atoms with Gasteiger partial charge in [-0.2, -0.15) is 0 Å². The number of carbonyl (C=O) groups excluding carboxylic acids is 2. The zero-order valence-electron chi connectivity index (χ0n) is 14.0. The minimum atomic E-state index is -0.242. The molecule has 6 heteroatoms. The maximum absolute atomic E-state index is 12.5. The van der Waals surface area contributed by atoms with Crippen molar-refractivity contribution >= 4 is 11.8 Å². The number of hydrogen-bond acceptors (Lipinski definition) is 4. The number of nitrogens with two attached hydrogens (primary N) is 1. The Morgan fingerprint density at radius 1 is 1.14 bits per heavy atom. The molecule has 0 saturated carbocycles. The lowest BCUT2D eigenvalue weighted by atomic mass is 10.0. The topological polar surface area (TPSA) is 69.9 Å². The molecule has 6 nitrogen and oxygen atoms in total. The van der Waals surface area contributed by atoms with E-state index in [2.05, 4.69) is 16.7 Å². The lowest BCUT2D eigenvalue weighted by molar-refractivity contribution is -0.136. The van der Waals surface area contributed by atoms with Crippen molar-refractivity contribution in [1.29, 1.82) is 0 Å². The van der Waals surface area contributed by atoms with Crippen molar-refractivity contribution in [2.45, 2.75) is 51.6 Å². The first-order valence-electron chi connectivity index (χ1n) is 8.58. The van der Waals surface area contributed by atoms with E-state index < -0.39 is 0 Å². The summed E-state index contributed by atoms with van der Waals surface area (Å²) in [7, 11) is 0. The molecule has 2 rings (SSSR count). The normalized spacial score (nSPS) is 25.9. The van der Waals surface area contributed by atoms with E-state index in [0.29, 0.717) is 12.6 Å². The monoisotopic (exact) mass is 310 g/mol. The molecular formula is C16H30N4O2. The minimum absolute atomic E-state index is 0.167. The van der Waals surface area contributed by atoms with Gasteiger partial charge in [0.15, 0.2) is 0 Å². The highest BCUT2D eigenvalue weighted by atomic mass is 16.2. The summed E-state index contributed by atoms with van der Waals surface area (Å²) in [6, 6.07) is 0.210. The summed E-state index contributed by atoms with van der Waals surface area (Å²) in [6.45, 7) is 8.83. The molecular weight excluding hydrogens is 280 g/mol. The molecule has 2 atom stereocenters. The van der Waals surface area contributed by atoms with E-state index in [9.17, 15) is 9.59 Å². The molecule has 2 fully saturated rings. The number of hydrogen-bond donors (Lipinski definition) is 1. The SMILES string of the molecule is CC[C@H](C(N)=O)N1CCN(CC(=O)N2CCCC[C@H]2C)CC1. The van der Waals surface area contributed by atoms with Gasteiger partial charge in [-0.15, -0.1) is 0 Å². The zero-order chi connectivity index (χ0) is 16.1. The quantitative estimate of drug-likeness (QED) is 0.791. The minimum Gasteiger partial charge on any atom is -0.368 e. The van der Waals surface area contributed by atoms with Crippen LogP contribution in [0.2, 0.25) is 0 Å². The molecule has 22 heavy (non-hydrogen) atoms. The molecule has 2 saturated heterocycles. The van der Waals surface area contributed by atoms with E-state index in [-0.39, 0.29) is 17.9 Å². The van der Waals surface area contributed by atoms with Crippen LogP contribution in [0.4, 0.5) is 0 Å². The number of nitrogens with zero attached hydrogens (tertiary/aromatic N) is 3. The first kappa shape index (κ1) is 17.2. The Hall–Kier alpha value is -1.14. The second-order valence-electron chi connectivity index (χ2n) is 6.57. The van der Waals surface area contributed by atoms with Crippen molar-refractivity contribution in [3.63, 3.8) is 0 Å². The Labute approximate surface area is 133 Å². The highest BCUT2D eigenvalue weighted by molar-refractivity contribution is 5.80. The van der Waals surface area contributed by atoms with Crippen molar-refractivity contribution in [1.82, 2.24) is 14.7 Å². The van der Waals surface area contributed by atoms with Gasteiger partial charge in [-0.05, 0) is 32.6 Å². The molecule has 0 aromatic heterocycles. The van der Waals surface area contributed by atoms with Gasteiger partial charge in [-0.25, -0.2) is 0 Å². The number of primary amides is 1. The molecule has 0 unspecified atom stereocenters. The Bertz CT molecular complexity index is 394. The second-order valence-corrected chi connectivity index (χ2v) is 6.57. The summed E-state index contributed by atoms with van der Waals surface area (Å²) in [5, 5.41) is 0. The average Bonchev–Trinajstić information content (AvgIpc) is 2.49. The third-order valence-corrected chi connectivity index (χ3v) is 5.04. The van der Waals surface area contributed by atoms with Crippen LogP contribution >= 0.6 is 0 Å². The van der Waals surface area contributed by atoms with Gasteiger partial charge >= 0.3 is 0 Å². The highest BCUT2D eigenvalue weighted by Crippen LogP contribution is 2.17. The van der Waals surface area contributed by atoms with Crippen molar-refractivity contribution < 1.29 is 9.59 Å². The fourth-order valence-corrected chi connectivity index (χ4v) is 3.62. The van der Waals surface area contributed by atoms with Crippen LogP contribution in [0.1, 0.15) is 39.5 Å². The fraction of sp³-hybridized carbons (Fsp3) is 0.875. The zero-order valence-corrected chi connectivity index (χ0v) is 14.0. The molecule has 2 aliphatic rings. The third-order valence-electron chi connectivity index (χ3n) is 5.04. The summed E-state index contributed by atoms with van der Waals surface area (Å²) in [6.07, 6.45) is 4.23. The van der Waals surface area contributed by atoms with E-state index >= 15 is 0 Å². The molecule has 2 aliphatic heterocycles. The lowest BCUT2D eigenvalue weighted by Gasteiger charge is -2.39. The van der Waals surface area contributed by atoms with Gasteiger partial charge in [0.05, 0.1) is 12.6 Å². The number of rotatable bonds is 5. The molecule has 126 valence electrons. The number of piperazine rings is 1. The largest absolute Gasteiger partial charge is 0.368 e. The molecule has 0 aromatic rings. The van der Waals surface area contributed by atoms with Crippen LogP contribution in [0, 0.1) is 0 Å². The van der Waals surface area contributed by atoms with E-state index in [1.165, 1.54) is 6.42 Å². The van der Waals surface area contributed by atoms with E-state index in [0.717, 1.165) is 52.0 Å². The van der Waals surface area contributed by atoms with Gasteiger partial charge in [-0.3, -0.25) is 19.4 Å². The Morgan fingerprint density at radius 3 is 2.36 bits per heavy atom. The molecule has 0 aromatic carbocycles.